The zero-order valence-corrected chi connectivity index (χ0v) is 15.1. The van der Waals surface area contributed by atoms with E-state index in [1.165, 1.54) is 5.56 Å². The predicted octanol–water partition coefficient (Wildman–Crippen LogP) is 2.75. The van der Waals surface area contributed by atoms with Crippen molar-refractivity contribution in [1.82, 2.24) is 25.4 Å². The third-order valence-electron chi connectivity index (χ3n) is 3.55. The molecule has 0 spiro atoms. The molecule has 0 saturated heterocycles. The Morgan fingerprint density at radius 2 is 2.00 bits per heavy atom. The molecule has 0 radical (unpaired) electrons. The van der Waals surface area contributed by atoms with Crippen LogP contribution in [-0.4, -0.2) is 34.3 Å². The van der Waals surface area contributed by atoms with E-state index in [-0.39, 0.29) is 6.04 Å². The van der Waals surface area contributed by atoms with E-state index in [0.29, 0.717) is 0 Å². The summed E-state index contributed by atoms with van der Waals surface area (Å²) in [5.41, 5.74) is 1.21. The molecule has 1 aromatic heterocycles. The largest absolute Gasteiger partial charge is 0.356 e. The van der Waals surface area contributed by atoms with Crippen LogP contribution in [0.4, 0.5) is 0 Å². The average molecular weight is 379 g/mol. The predicted molar refractivity (Wildman–Crippen MR) is 96.3 cm³/mol. The maximum Gasteiger partial charge on any atom is 0.191 e. The fourth-order valence-corrected chi connectivity index (χ4v) is 2.90. The Balaban J connectivity index is 1.72. The zero-order chi connectivity index (χ0) is 16.5. The molecule has 23 heavy (non-hydrogen) atoms. The highest BCUT2D eigenvalue weighted by molar-refractivity contribution is 9.10. The molecule has 0 amide bonds. The number of hydrogen-bond donors (Lipinski definition) is 2. The Hall–Kier alpha value is -1.89. The van der Waals surface area contributed by atoms with Crippen molar-refractivity contribution in [1.29, 1.82) is 0 Å². The van der Waals surface area contributed by atoms with E-state index in [1.54, 1.807) is 19.7 Å². The maximum absolute atomic E-state index is 4.28. The molecular weight excluding hydrogens is 356 g/mol. The lowest BCUT2D eigenvalue weighted by Gasteiger charge is -2.19. The SMILES string of the molecule is CN=C(NCCCCn1cnnc1)NC(C)c1ccccc1Br. The van der Waals surface area contributed by atoms with Crippen LogP contribution >= 0.6 is 15.9 Å². The van der Waals surface area contributed by atoms with Crippen LogP contribution in [0.5, 0.6) is 0 Å². The van der Waals surface area contributed by atoms with E-state index in [9.17, 15) is 0 Å². The van der Waals surface area contributed by atoms with Gasteiger partial charge in [-0.25, -0.2) is 0 Å². The van der Waals surface area contributed by atoms with Crippen molar-refractivity contribution in [3.05, 3.63) is 47.0 Å². The molecule has 0 aliphatic carbocycles. The lowest BCUT2D eigenvalue weighted by atomic mass is 10.1. The van der Waals surface area contributed by atoms with Crippen molar-refractivity contribution in [2.75, 3.05) is 13.6 Å². The van der Waals surface area contributed by atoms with Gasteiger partial charge < -0.3 is 15.2 Å². The Labute approximate surface area is 145 Å². The van der Waals surface area contributed by atoms with Gasteiger partial charge in [0.1, 0.15) is 12.7 Å². The third-order valence-corrected chi connectivity index (χ3v) is 4.27. The summed E-state index contributed by atoms with van der Waals surface area (Å²) in [6.45, 7) is 3.94. The van der Waals surface area contributed by atoms with Gasteiger partial charge in [-0.15, -0.1) is 10.2 Å². The molecule has 2 N–H and O–H groups in total. The maximum atomic E-state index is 4.28. The van der Waals surface area contributed by atoms with Crippen LogP contribution in [-0.2, 0) is 6.54 Å². The highest BCUT2D eigenvalue weighted by atomic mass is 79.9. The molecule has 2 rings (SSSR count). The van der Waals surface area contributed by atoms with Crippen LogP contribution in [0.1, 0.15) is 31.4 Å². The number of aromatic nitrogens is 3. The molecule has 1 atom stereocenters. The summed E-state index contributed by atoms with van der Waals surface area (Å²) in [7, 11) is 1.79. The number of nitrogens with one attached hydrogen (secondary N) is 2. The summed E-state index contributed by atoms with van der Waals surface area (Å²) in [6.07, 6.45) is 5.62. The molecule has 0 aliphatic rings. The molecule has 0 aliphatic heterocycles. The smallest absolute Gasteiger partial charge is 0.191 e. The van der Waals surface area contributed by atoms with E-state index in [1.807, 2.05) is 16.7 Å². The molecular formula is C16H23BrN6. The number of guanidine groups is 1. The van der Waals surface area contributed by atoms with E-state index in [4.69, 9.17) is 0 Å². The van der Waals surface area contributed by atoms with E-state index in [2.05, 4.69) is 60.8 Å². The molecule has 2 aromatic rings. The quantitative estimate of drug-likeness (QED) is 0.441. The number of rotatable bonds is 7. The zero-order valence-electron chi connectivity index (χ0n) is 13.5. The van der Waals surface area contributed by atoms with Gasteiger partial charge in [0.2, 0.25) is 0 Å². The topological polar surface area (TPSA) is 67.1 Å². The van der Waals surface area contributed by atoms with Crippen LogP contribution in [0.25, 0.3) is 0 Å². The minimum atomic E-state index is 0.175. The Bertz CT molecular complexity index is 611. The normalized spacial score (nSPS) is 12.9. The summed E-state index contributed by atoms with van der Waals surface area (Å²) in [4.78, 5) is 4.28. The third kappa shape index (κ3) is 5.67. The first kappa shape index (κ1) is 17.5. The fraction of sp³-hybridized carbons (Fsp3) is 0.438. The van der Waals surface area contributed by atoms with Gasteiger partial charge in [0.05, 0.1) is 6.04 Å². The number of benzene rings is 1. The molecule has 7 heteroatoms. The highest BCUT2D eigenvalue weighted by Gasteiger charge is 2.10. The highest BCUT2D eigenvalue weighted by Crippen LogP contribution is 2.22. The molecule has 1 aromatic carbocycles. The van der Waals surface area contributed by atoms with Crippen LogP contribution in [0, 0.1) is 0 Å². The van der Waals surface area contributed by atoms with E-state index in [0.717, 1.165) is 36.4 Å². The van der Waals surface area contributed by atoms with Gasteiger partial charge >= 0.3 is 0 Å². The van der Waals surface area contributed by atoms with Gasteiger partial charge in [-0.1, -0.05) is 34.1 Å². The number of aryl methyl sites for hydroxylation is 1. The Morgan fingerprint density at radius 3 is 2.70 bits per heavy atom. The number of halogens is 1. The van der Waals surface area contributed by atoms with Gasteiger partial charge in [-0.3, -0.25) is 4.99 Å². The Kier molecular flexibility index (Phi) is 7.06. The lowest BCUT2D eigenvalue weighted by Crippen LogP contribution is -2.39. The van der Waals surface area contributed by atoms with Crippen LogP contribution in [0.2, 0.25) is 0 Å². The van der Waals surface area contributed by atoms with Gasteiger partial charge in [-0.05, 0) is 31.4 Å². The second-order valence-electron chi connectivity index (χ2n) is 5.29. The van der Waals surface area contributed by atoms with E-state index >= 15 is 0 Å². The van der Waals surface area contributed by atoms with Gasteiger partial charge in [0.15, 0.2) is 5.96 Å². The summed E-state index contributed by atoms with van der Waals surface area (Å²) in [6, 6.07) is 8.39. The molecule has 1 heterocycles. The fourth-order valence-electron chi connectivity index (χ4n) is 2.27. The second kappa shape index (κ2) is 9.29. The summed E-state index contributed by atoms with van der Waals surface area (Å²) in [5, 5.41) is 14.4. The van der Waals surface area contributed by atoms with Gasteiger partial charge in [0, 0.05) is 24.6 Å². The molecule has 0 bridgehead atoms. The number of unbranched alkanes of at least 4 members (excludes halogenated alkanes) is 1. The molecule has 0 saturated carbocycles. The van der Waals surface area contributed by atoms with Crippen molar-refractivity contribution in [2.45, 2.75) is 32.4 Å². The van der Waals surface area contributed by atoms with E-state index < -0.39 is 0 Å². The standard InChI is InChI=1S/C16H23BrN6/c1-13(14-7-3-4-8-15(14)17)22-16(18-2)19-9-5-6-10-23-11-20-21-12-23/h3-4,7-8,11-13H,5-6,9-10H2,1-2H3,(H2,18,19,22). The van der Waals surface area contributed by atoms with Crippen LogP contribution in [0.3, 0.4) is 0 Å². The van der Waals surface area contributed by atoms with Gasteiger partial charge in [-0.2, -0.15) is 0 Å². The van der Waals surface area contributed by atoms with Crippen molar-refractivity contribution in [3.8, 4) is 0 Å². The monoisotopic (exact) mass is 378 g/mol. The number of hydrogen-bond acceptors (Lipinski definition) is 3. The lowest BCUT2D eigenvalue weighted by molar-refractivity contribution is 0.593. The van der Waals surface area contributed by atoms with Gasteiger partial charge in [0.25, 0.3) is 0 Å². The second-order valence-corrected chi connectivity index (χ2v) is 6.15. The molecule has 124 valence electrons. The molecule has 6 nitrogen and oxygen atoms in total. The first-order chi connectivity index (χ1) is 11.2. The van der Waals surface area contributed by atoms with Crippen LogP contribution in [0.15, 0.2) is 46.4 Å². The summed E-state index contributed by atoms with van der Waals surface area (Å²) >= 11 is 3.59. The van der Waals surface area contributed by atoms with Crippen molar-refractivity contribution in [3.63, 3.8) is 0 Å². The summed E-state index contributed by atoms with van der Waals surface area (Å²) in [5.74, 6) is 0.817. The first-order valence-electron chi connectivity index (χ1n) is 7.74. The van der Waals surface area contributed by atoms with Crippen molar-refractivity contribution < 1.29 is 0 Å². The summed E-state index contributed by atoms with van der Waals surface area (Å²) < 4.78 is 3.09. The van der Waals surface area contributed by atoms with Crippen molar-refractivity contribution >= 4 is 21.9 Å². The first-order valence-corrected chi connectivity index (χ1v) is 8.54. The Morgan fingerprint density at radius 1 is 1.26 bits per heavy atom. The minimum absolute atomic E-state index is 0.175. The van der Waals surface area contributed by atoms with Crippen LogP contribution < -0.4 is 10.6 Å². The minimum Gasteiger partial charge on any atom is -0.356 e. The number of nitrogens with zero attached hydrogens (tertiary/aromatic N) is 4. The molecule has 0 fully saturated rings. The molecule has 1 unspecified atom stereocenters. The average Bonchev–Trinajstić information content (AvgIpc) is 3.07. The van der Waals surface area contributed by atoms with Crippen molar-refractivity contribution in [2.24, 2.45) is 4.99 Å². The number of aliphatic imine (C=N–C) groups is 1.